The summed E-state index contributed by atoms with van der Waals surface area (Å²) >= 11 is 5.64. The Kier molecular flexibility index (Phi) is 3.99. The number of amides is 2. The van der Waals surface area contributed by atoms with Gasteiger partial charge in [0, 0.05) is 20.6 Å². The molecule has 19 heavy (non-hydrogen) atoms. The first kappa shape index (κ1) is 13.7. The van der Waals surface area contributed by atoms with Crippen molar-refractivity contribution >= 4 is 23.4 Å². The highest BCUT2D eigenvalue weighted by Crippen LogP contribution is 2.20. The molecule has 1 fully saturated rings. The van der Waals surface area contributed by atoms with Gasteiger partial charge in [0.1, 0.15) is 16.9 Å². The van der Waals surface area contributed by atoms with E-state index in [4.69, 9.17) is 11.6 Å². The van der Waals surface area contributed by atoms with Crippen molar-refractivity contribution in [1.29, 1.82) is 0 Å². The summed E-state index contributed by atoms with van der Waals surface area (Å²) < 4.78 is 0. The van der Waals surface area contributed by atoms with Crippen molar-refractivity contribution in [3.8, 4) is 0 Å². The zero-order valence-corrected chi connectivity index (χ0v) is 11.6. The second-order valence-corrected chi connectivity index (χ2v) is 5.00. The summed E-state index contributed by atoms with van der Waals surface area (Å²) in [5.41, 5.74) is 0.211. The molecule has 7 heteroatoms. The van der Waals surface area contributed by atoms with Gasteiger partial charge in [0.2, 0.25) is 5.91 Å². The van der Waals surface area contributed by atoms with E-state index in [0.717, 1.165) is 6.42 Å². The Labute approximate surface area is 116 Å². The number of carbonyl (C=O) groups is 2. The molecule has 0 radical (unpaired) electrons. The molecule has 1 aromatic rings. The molecule has 0 N–H and O–H groups in total. The second-order valence-electron chi connectivity index (χ2n) is 4.61. The van der Waals surface area contributed by atoms with Crippen LogP contribution in [0.25, 0.3) is 0 Å². The Hall–Kier alpha value is -1.69. The Balaban J connectivity index is 2.18. The van der Waals surface area contributed by atoms with Gasteiger partial charge in [0.25, 0.3) is 5.91 Å². The third kappa shape index (κ3) is 2.84. The van der Waals surface area contributed by atoms with E-state index in [2.05, 4.69) is 9.97 Å². The molecular formula is C12H15ClN4O2. The fraction of sp³-hybridized carbons (Fsp3) is 0.500. The minimum absolute atomic E-state index is 0.0622. The fourth-order valence-corrected chi connectivity index (χ4v) is 2.23. The average molecular weight is 283 g/mol. The van der Waals surface area contributed by atoms with Gasteiger partial charge in [-0.2, -0.15) is 0 Å². The average Bonchev–Trinajstić information content (AvgIpc) is 2.86. The quantitative estimate of drug-likeness (QED) is 0.806. The summed E-state index contributed by atoms with van der Waals surface area (Å²) in [6.45, 7) is 0.563. The van der Waals surface area contributed by atoms with Crippen LogP contribution in [0.15, 0.2) is 12.4 Å². The molecule has 2 amide bonds. The van der Waals surface area contributed by atoms with Gasteiger partial charge in [-0.3, -0.25) is 9.59 Å². The van der Waals surface area contributed by atoms with Gasteiger partial charge in [0.05, 0.1) is 12.4 Å². The highest BCUT2D eigenvalue weighted by molar-refractivity contribution is 6.29. The van der Waals surface area contributed by atoms with Crippen molar-refractivity contribution in [2.45, 2.75) is 18.9 Å². The number of likely N-dealkylation sites (N-methyl/N-ethyl adjacent to an activating group) is 1. The molecule has 0 aromatic carbocycles. The summed E-state index contributed by atoms with van der Waals surface area (Å²) in [4.78, 5) is 35.2. The molecule has 1 aromatic heterocycles. The minimum atomic E-state index is -0.403. The monoisotopic (exact) mass is 282 g/mol. The van der Waals surface area contributed by atoms with Gasteiger partial charge in [0.15, 0.2) is 0 Å². The van der Waals surface area contributed by atoms with E-state index in [9.17, 15) is 9.59 Å². The number of carbonyl (C=O) groups excluding carboxylic acids is 2. The summed E-state index contributed by atoms with van der Waals surface area (Å²) in [7, 11) is 3.37. The van der Waals surface area contributed by atoms with Crippen molar-refractivity contribution in [1.82, 2.24) is 19.8 Å². The molecule has 1 aliphatic rings. The number of likely N-dealkylation sites (tertiary alicyclic amines) is 1. The molecule has 6 nitrogen and oxygen atoms in total. The van der Waals surface area contributed by atoms with Crippen molar-refractivity contribution in [3.63, 3.8) is 0 Å². The molecule has 0 bridgehead atoms. The van der Waals surface area contributed by atoms with E-state index in [1.165, 1.54) is 17.3 Å². The van der Waals surface area contributed by atoms with Crippen LogP contribution in [-0.2, 0) is 4.79 Å². The lowest BCUT2D eigenvalue weighted by molar-refractivity contribution is -0.132. The molecule has 1 aliphatic heterocycles. The normalized spacial score (nSPS) is 18.5. The first-order valence-corrected chi connectivity index (χ1v) is 6.38. The van der Waals surface area contributed by atoms with Gasteiger partial charge in [-0.1, -0.05) is 11.6 Å². The van der Waals surface area contributed by atoms with Crippen LogP contribution in [0.5, 0.6) is 0 Å². The Morgan fingerprint density at radius 2 is 2.11 bits per heavy atom. The Bertz CT molecular complexity index is 489. The van der Waals surface area contributed by atoms with E-state index in [1.54, 1.807) is 19.0 Å². The third-order valence-electron chi connectivity index (χ3n) is 3.08. The van der Waals surface area contributed by atoms with Gasteiger partial charge >= 0.3 is 0 Å². The van der Waals surface area contributed by atoms with E-state index in [0.29, 0.717) is 13.0 Å². The number of rotatable bonds is 2. The molecule has 1 unspecified atom stereocenters. The SMILES string of the molecule is CN(C)C(=O)C1CCCN1C(=O)c1cnc(Cl)cn1. The van der Waals surface area contributed by atoms with E-state index in [1.807, 2.05) is 0 Å². The topological polar surface area (TPSA) is 66.4 Å². The molecule has 0 saturated carbocycles. The van der Waals surface area contributed by atoms with Crippen LogP contribution in [0.3, 0.4) is 0 Å². The first-order chi connectivity index (χ1) is 9.00. The van der Waals surface area contributed by atoms with Crippen LogP contribution in [0.2, 0.25) is 5.15 Å². The van der Waals surface area contributed by atoms with Gasteiger partial charge in [-0.15, -0.1) is 0 Å². The number of halogens is 1. The summed E-state index contributed by atoms with van der Waals surface area (Å²) in [5, 5.41) is 0.235. The van der Waals surface area contributed by atoms with E-state index >= 15 is 0 Å². The van der Waals surface area contributed by atoms with Crippen LogP contribution in [0, 0.1) is 0 Å². The van der Waals surface area contributed by atoms with Crippen molar-refractivity contribution in [2.75, 3.05) is 20.6 Å². The lowest BCUT2D eigenvalue weighted by atomic mass is 10.2. The molecule has 0 aliphatic carbocycles. The van der Waals surface area contributed by atoms with E-state index < -0.39 is 6.04 Å². The van der Waals surface area contributed by atoms with Crippen LogP contribution in [0.4, 0.5) is 0 Å². The minimum Gasteiger partial charge on any atom is -0.347 e. The van der Waals surface area contributed by atoms with Crippen LogP contribution in [-0.4, -0.2) is 58.3 Å². The number of aromatic nitrogens is 2. The summed E-state index contributed by atoms with van der Waals surface area (Å²) in [6.07, 6.45) is 4.16. The maximum absolute atomic E-state index is 12.3. The maximum Gasteiger partial charge on any atom is 0.274 e. The van der Waals surface area contributed by atoms with Crippen LogP contribution >= 0.6 is 11.6 Å². The molecule has 102 valence electrons. The molecule has 0 spiro atoms. The molecule has 1 atom stereocenters. The fourth-order valence-electron chi connectivity index (χ4n) is 2.13. The van der Waals surface area contributed by atoms with Gasteiger partial charge in [-0.25, -0.2) is 9.97 Å². The number of nitrogens with zero attached hydrogens (tertiary/aromatic N) is 4. The second kappa shape index (κ2) is 5.52. The lowest BCUT2D eigenvalue weighted by Gasteiger charge is -2.25. The predicted molar refractivity (Wildman–Crippen MR) is 69.8 cm³/mol. The van der Waals surface area contributed by atoms with Crippen LogP contribution < -0.4 is 0 Å². The number of hydrogen-bond donors (Lipinski definition) is 0. The van der Waals surface area contributed by atoms with E-state index in [-0.39, 0.29) is 22.7 Å². The van der Waals surface area contributed by atoms with Crippen molar-refractivity contribution < 1.29 is 9.59 Å². The third-order valence-corrected chi connectivity index (χ3v) is 3.27. The summed E-state index contributed by atoms with van der Waals surface area (Å²) in [5.74, 6) is -0.338. The predicted octanol–water partition coefficient (Wildman–Crippen LogP) is 0.823. The highest BCUT2D eigenvalue weighted by atomic mass is 35.5. The van der Waals surface area contributed by atoms with Crippen molar-refractivity contribution in [2.24, 2.45) is 0 Å². The van der Waals surface area contributed by atoms with Crippen LogP contribution in [0.1, 0.15) is 23.3 Å². The maximum atomic E-state index is 12.3. The first-order valence-electron chi connectivity index (χ1n) is 6.00. The molecule has 1 saturated heterocycles. The molecule has 2 rings (SSSR count). The van der Waals surface area contributed by atoms with Gasteiger partial charge < -0.3 is 9.80 Å². The highest BCUT2D eigenvalue weighted by Gasteiger charge is 2.35. The summed E-state index contributed by atoms with van der Waals surface area (Å²) in [6, 6.07) is -0.403. The number of hydrogen-bond acceptors (Lipinski definition) is 4. The molecular weight excluding hydrogens is 268 g/mol. The Morgan fingerprint density at radius 1 is 1.37 bits per heavy atom. The Morgan fingerprint density at radius 3 is 2.68 bits per heavy atom. The van der Waals surface area contributed by atoms with Crippen molar-refractivity contribution in [3.05, 3.63) is 23.2 Å². The largest absolute Gasteiger partial charge is 0.347 e. The zero-order chi connectivity index (χ0) is 14.0. The lowest BCUT2D eigenvalue weighted by Crippen LogP contribution is -2.45. The zero-order valence-electron chi connectivity index (χ0n) is 10.8. The van der Waals surface area contributed by atoms with Gasteiger partial charge in [-0.05, 0) is 12.8 Å². The smallest absolute Gasteiger partial charge is 0.274 e. The standard InChI is InChI=1S/C12H15ClN4O2/c1-16(2)12(19)9-4-3-5-17(9)11(18)8-6-15-10(13)7-14-8/h6-7,9H,3-5H2,1-2H3. The molecule has 2 heterocycles.